The smallest absolute Gasteiger partial charge is 0.215 e. The van der Waals surface area contributed by atoms with Gasteiger partial charge in [0.05, 0.1) is 12.5 Å². The van der Waals surface area contributed by atoms with Gasteiger partial charge >= 0.3 is 0 Å². The van der Waals surface area contributed by atoms with E-state index in [1.165, 1.54) is 0 Å². The number of aromatic nitrogens is 3. The molecule has 1 fully saturated rings. The molecule has 1 atom stereocenters. The average Bonchev–Trinajstić information content (AvgIpc) is 2.73. The van der Waals surface area contributed by atoms with Crippen molar-refractivity contribution in [1.82, 2.24) is 14.5 Å². The second kappa shape index (κ2) is 4.35. The van der Waals surface area contributed by atoms with E-state index in [1.807, 2.05) is 19.1 Å². The Labute approximate surface area is 130 Å². The number of methoxy groups -OCH3 is 1. The molecule has 1 aliphatic carbocycles. The molecule has 1 aliphatic rings. The standard InChI is InChI=1S/C16H22ClN3O/c1-9(17)12-18-10-7-8-11(21-6)19-13(10)20(12)14-15(2,3)16(14,4)5/h7-9,14H,1-6H3. The van der Waals surface area contributed by atoms with Crippen LogP contribution >= 0.6 is 11.6 Å². The van der Waals surface area contributed by atoms with Gasteiger partial charge in [-0.25, -0.2) is 4.98 Å². The monoisotopic (exact) mass is 307 g/mol. The molecule has 21 heavy (non-hydrogen) atoms. The first-order valence-electron chi connectivity index (χ1n) is 7.28. The maximum atomic E-state index is 6.37. The summed E-state index contributed by atoms with van der Waals surface area (Å²) in [5.74, 6) is 1.49. The van der Waals surface area contributed by atoms with Gasteiger partial charge < -0.3 is 9.30 Å². The van der Waals surface area contributed by atoms with Crippen molar-refractivity contribution in [2.45, 2.75) is 46.0 Å². The second-order valence-electron chi connectivity index (χ2n) is 7.00. The third-order valence-corrected chi connectivity index (χ3v) is 5.50. The maximum absolute atomic E-state index is 6.37. The molecule has 0 radical (unpaired) electrons. The first kappa shape index (κ1) is 14.6. The van der Waals surface area contributed by atoms with Crippen molar-refractivity contribution < 1.29 is 4.74 Å². The van der Waals surface area contributed by atoms with Crippen LogP contribution in [-0.4, -0.2) is 21.6 Å². The lowest BCUT2D eigenvalue weighted by Crippen LogP contribution is -2.08. The quantitative estimate of drug-likeness (QED) is 0.792. The van der Waals surface area contributed by atoms with E-state index >= 15 is 0 Å². The molecule has 0 aliphatic heterocycles. The third kappa shape index (κ3) is 1.88. The number of imidazole rings is 1. The van der Waals surface area contributed by atoms with E-state index in [0.29, 0.717) is 11.9 Å². The first-order valence-corrected chi connectivity index (χ1v) is 7.72. The van der Waals surface area contributed by atoms with Gasteiger partial charge in [0.25, 0.3) is 0 Å². The molecule has 1 unspecified atom stereocenters. The minimum absolute atomic E-state index is 0.155. The molecule has 0 amide bonds. The number of pyridine rings is 1. The van der Waals surface area contributed by atoms with E-state index in [4.69, 9.17) is 21.3 Å². The summed E-state index contributed by atoms with van der Waals surface area (Å²) in [5.41, 5.74) is 2.11. The zero-order valence-electron chi connectivity index (χ0n) is 13.4. The normalized spacial score (nSPS) is 21.5. The summed E-state index contributed by atoms with van der Waals surface area (Å²) in [4.78, 5) is 9.30. The fraction of sp³-hybridized carbons (Fsp3) is 0.625. The Morgan fingerprint density at radius 3 is 2.29 bits per heavy atom. The summed E-state index contributed by atoms with van der Waals surface area (Å²) in [6.07, 6.45) is 0. The van der Waals surface area contributed by atoms with Gasteiger partial charge in [0.15, 0.2) is 5.65 Å². The van der Waals surface area contributed by atoms with Crippen LogP contribution in [0.1, 0.15) is 51.9 Å². The highest BCUT2D eigenvalue weighted by atomic mass is 35.5. The molecule has 0 bridgehead atoms. The number of fused-ring (bicyclic) bond motifs is 1. The Hall–Kier alpha value is -1.29. The topological polar surface area (TPSA) is 39.9 Å². The Morgan fingerprint density at radius 1 is 1.19 bits per heavy atom. The SMILES string of the molecule is COc1ccc2nc(C(C)Cl)n(C3C(C)(C)C3(C)C)c2n1. The van der Waals surface area contributed by atoms with Gasteiger partial charge in [0.1, 0.15) is 11.3 Å². The number of ether oxygens (including phenoxy) is 1. The largest absolute Gasteiger partial charge is 0.481 e. The Balaban J connectivity index is 2.26. The van der Waals surface area contributed by atoms with Crippen LogP contribution in [-0.2, 0) is 0 Å². The zero-order chi connectivity index (χ0) is 15.6. The van der Waals surface area contributed by atoms with Crippen molar-refractivity contribution in [3.8, 4) is 5.88 Å². The summed E-state index contributed by atoms with van der Waals surface area (Å²) in [6.45, 7) is 11.1. The van der Waals surface area contributed by atoms with Gasteiger partial charge in [-0.1, -0.05) is 27.7 Å². The van der Waals surface area contributed by atoms with E-state index in [1.54, 1.807) is 7.11 Å². The van der Waals surface area contributed by atoms with Crippen LogP contribution in [0.25, 0.3) is 11.2 Å². The number of rotatable bonds is 3. The molecule has 114 valence electrons. The average molecular weight is 308 g/mol. The molecule has 1 saturated carbocycles. The number of hydrogen-bond donors (Lipinski definition) is 0. The van der Waals surface area contributed by atoms with Crippen molar-refractivity contribution >= 4 is 22.8 Å². The summed E-state index contributed by atoms with van der Waals surface area (Å²) in [5, 5.41) is -0.155. The van der Waals surface area contributed by atoms with Gasteiger partial charge in [-0.15, -0.1) is 11.6 Å². The van der Waals surface area contributed by atoms with Crippen molar-refractivity contribution in [3.05, 3.63) is 18.0 Å². The van der Waals surface area contributed by atoms with Crippen molar-refractivity contribution in [2.24, 2.45) is 10.8 Å². The molecule has 0 aromatic carbocycles. The van der Waals surface area contributed by atoms with Crippen LogP contribution in [0, 0.1) is 10.8 Å². The second-order valence-corrected chi connectivity index (χ2v) is 7.65. The van der Waals surface area contributed by atoms with Crippen LogP contribution in [0.15, 0.2) is 12.1 Å². The van der Waals surface area contributed by atoms with E-state index in [2.05, 4.69) is 37.2 Å². The van der Waals surface area contributed by atoms with E-state index < -0.39 is 0 Å². The molecule has 2 aromatic heterocycles. The van der Waals surface area contributed by atoms with Crippen LogP contribution < -0.4 is 4.74 Å². The predicted octanol–water partition coefficient (Wildman–Crippen LogP) is 4.35. The zero-order valence-corrected chi connectivity index (χ0v) is 14.2. The Kier molecular flexibility index (Phi) is 3.04. The molecular formula is C16H22ClN3O. The Bertz CT molecular complexity index is 689. The first-order chi connectivity index (χ1) is 9.71. The number of hydrogen-bond acceptors (Lipinski definition) is 3. The molecule has 0 spiro atoms. The molecule has 3 rings (SSSR count). The summed E-state index contributed by atoms with van der Waals surface area (Å²) < 4.78 is 7.48. The highest BCUT2D eigenvalue weighted by Gasteiger charge is 2.66. The number of halogens is 1. The molecule has 0 saturated heterocycles. The van der Waals surface area contributed by atoms with Crippen LogP contribution in [0.5, 0.6) is 5.88 Å². The summed E-state index contributed by atoms with van der Waals surface area (Å²) in [6, 6.07) is 4.12. The van der Waals surface area contributed by atoms with Crippen molar-refractivity contribution in [2.75, 3.05) is 7.11 Å². The van der Waals surface area contributed by atoms with Crippen LogP contribution in [0.2, 0.25) is 0 Å². The van der Waals surface area contributed by atoms with Gasteiger partial charge in [0, 0.05) is 12.1 Å². The highest BCUT2D eigenvalue weighted by molar-refractivity contribution is 6.20. The van der Waals surface area contributed by atoms with Gasteiger partial charge in [-0.3, -0.25) is 0 Å². The minimum Gasteiger partial charge on any atom is -0.481 e. The fourth-order valence-electron chi connectivity index (χ4n) is 3.43. The number of nitrogens with zero attached hydrogens (tertiary/aromatic N) is 3. The minimum atomic E-state index is -0.155. The Morgan fingerprint density at radius 2 is 1.81 bits per heavy atom. The lowest BCUT2D eigenvalue weighted by atomic mass is 10.0. The van der Waals surface area contributed by atoms with Crippen molar-refractivity contribution in [3.63, 3.8) is 0 Å². The lowest BCUT2D eigenvalue weighted by Gasteiger charge is -2.12. The van der Waals surface area contributed by atoms with Gasteiger partial charge in [0.2, 0.25) is 5.88 Å². The van der Waals surface area contributed by atoms with Gasteiger partial charge in [-0.05, 0) is 23.8 Å². The highest BCUT2D eigenvalue weighted by Crippen LogP contribution is 2.72. The maximum Gasteiger partial charge on any atom is 0.215 e. The number of alkyl halides is 1. The third-order valence-electron chi connectivity index (χ3n) is 5.31. The van der Waals surface area contributed by atoms with E-state index in [9.17, 15) is 0 Å². The predicted molar refractivity (Wildman–Crippen MR) is 84.9 cm³/mol. The summed E-state index contributed by atoms with van der Waals surface area (Å²) in [7, 11) is 1.63. The fourth-order valence-corrected chi connectivity index (χ4v) is 3.58. The van der Waals surface area contributed by atoms with E-state index in [0.717, 1.165) is 17.0 Å². The molecule has 2 aromatic rings. The van der Waals surface area contributed by atoms with Crippen LogP contribution in [0.4, 0.5) is 0 Å². The van der Waals surface area contributed by atoms with Gasteiger partial charge in [-0.2, -0.15) is 4.98 Å². The molecular weight excluding hydrogens is 286 g/mol. The van der Waals surface area contributed by atoms with E-state index in [-0.39, 0.29) is 16.2 Å². The lowest BCUT2D eigenvalue weighted by molar-refractivity contribution is 0.398. The van der Waals surface area contributed by atoms with Crippen molar-refractivity contribution in [1.29, 1.82) is 0 Å². The molecule has 5 heteroatoms. The molecule has 0 N–H and O–H groups in total. The van der Waals surface area contributed by atoms with Crippen LogP contribution in [0.3, 0.4) is 0 Å². The molecule has 2 heterocycles. The molecule has 4 nitrogen and oxygen atoms in total. The summed E-state index contributed by atoms with van der Waals surface area (Å²) >= 11 is 6.37.